The summed E-state index contributed by atoms with van der Waals surface area (Å²) in [5.41, 5.74) is 1.11. The summed E-state index contributed by atoms with van der Waals surface area (Å²) in [5.74, 6) is 0.0604. The lowest BCUT2D eigenvalue weighted by molar-refractivity contribution is -0.121. The third kappa shape index (κ3) is 6.23. The molecular formula is C24H29N3OS. The van der Waals surface area contributed by atoms with E-state index < -0.39 is 0 Å². The van der Waals surface area contributed by atoms with Crippen molar-refractivity contribution in [2.24, 2.45) is 0 Å². The van der Waals surface area contributed by atoms with E-state index in [0.717, 1.165) is 29.9 Å². The number of benzene rings is 1. The first kappa shape index (κ1) is 21.2. The van der Waals surface area contributed by atoms with Crippen LogP contribution in [0.1, 0.15) is 50.8 Å². The molecule has 0 aliphatic carbocycles. The highest BCUT2D eigenvalue weighted by Gasteiger charge is 2.26. The van der Waals surface area contributed by atoms with Gasteiger partial charge < -0.3 is 9.88 Å². The van der Waals surface area contributed by atoms with E-state index in [-0.39, 0.29) is 23.2 Å². The molecule has 1 N–H and O–H groups in total. The van der Waals surface area contributed by atoms with Crippen LogP contribution in [0.15, 0.2) is 84.3 Å². The molecule has 0 radical (unpaired) electrons. The van der Waals surface area contributed by atoms with Crippen molar-refractivity contribution in [3.8, 4) is 0 Å². The average molecular weight is 408 g/mol. The van der Waals surface area contributed by atoms with Gasteiger partial charge in [-0.05, 0) is 49.6 Å². The SMILES string of the molecule is CCC[C@@H](CC(Sc1ccccn1)C(=O)N[C@@H](C)c1ccccc1)n1cccc1. The Bertz CT molecular complexity index is 852. The summed E-state index contributed by atoms with van der Waals surface area (Å²) in [7, 11) is 0. The predicted molar refractivity (Wildman–Crippen MR) is 120 cm³/mol. The van der Waals surface area contributed by atoms with E-state index in [4.69, 9.17) is 0 Å². The Morgan fingerprint density at radius 2 is 1.79 bits per heavy atom. The fraction of sp³-hybridized carbons (Fsp3) is 0.333. The van der Waals surface area contributed by atoms with Gasteiger partial charge in [-0.15, -0.1) is 0 Å². The minimum absolute atomic E-state index is 0.0354. The zero-order valence-corrected chi connectivity index (χ0v) is 17.9. The molecule has 0 bridgehead atoms. The lowest BCUT2D eigenvalue weighted by Gasteiger charge is -2.25. The number of pyridine rings is 1. The zero-order chi connectivity index (χ0) is 20.5. The molecular weight excluding hydrogens is 378 g/mol. The fourth-order valence-electron chi connectivity index (χ4n) is 3.46. The molecule has 1 aromatic carbocycles. The molecule has 0 fully saturated rings. The fourth-order valence-corrected chi connectivity index (χ4v) is 4.53. The summed E-state index contributed by atoms with van der Waals surface area (Å²) in [5, 5.41) is 3.88. The average Bonchev–Trinajstić information content (AvgIpc) is 3.29. The van der Waals surface area contributed by atoms with Crippen molar-refractivity contribution < 1.29 is 4.79 Å². The largest absolute Gasteiger partial charge is 0.351 e. The molecule has 0 aliphatic heterocycles. The monoisotopic (exact) mass is 407 g/mol. The molecule has 0 spiro atoms. The van der Waals surface area contributed by atoms with Gasteiger partial charge in [0.05, 0.1) is 16.3 Å². The summed E-state index contributed by atoms with van der Waals surface area (Å²) in [6.07, 6.45) is 8.83. The van der Waals surface area contributed by atoms with Crippen molar-refractivity contribution in [1.29, 1.82) is 0 Å². The van der Waals surface area contributed by atoms with Crippen molar-refractivity contribution in [3.05, 3.63) is 84.8 Å². The molecule has 152 valence electrons. The van der Waals surface area contributed by atoms with Gasteiger partial charge in [0, 0.05) is 24.6 Å². The molecule has 1 amide bonds. The topological polar surface area (TPSA) is 46.9 Å². The number of carbonyl (C=O) groups is 1. The van der Waals surface area contributed by atoms with Crippen LogP contribution in [0.3, 0.4) is 0 Å². The molecule has 0 saturated carbocycles. The second-order valence-electron chi connectivity index (χ2n) is 7.22. The molecule has 2 heterocycles. The summed E-state index contributed by atoms with van der Waals surface area (Å²) in [6, 6.07) is 20.3. The van der Waals surface area contributed by atoms with Gasteiger partial charge in [-0.1, -0.05) is 61.5 Å². The Hall–Kier alpha value is -2.53. The number of rotatable bonds is 10. The third-order valence-electron chi connectivity index (χ3n) is 5.01. The highest BCUT2D eigenvalue weighted by molar-refractivity contribution is 8.00. The van der Waals surface area contributed by atoms with Crippen molar-refractivity contribution in [1.82, 2.24) is 14.9 Å². The van der Waals surface area contributed by atoms with E-state index in [2.05, 4.69) is 34.2 Å². The van der Waals surface area contributed by atoms with E-state index >= 15 is 0 Å². The minimum atomic E-state index is -0.213. The number of hydrogen-bond acceptors (Lipinski definition) is 3. The molecule has 0 aliphatic rings. The molecule has 1 unspecified atom stereocenters. The maximum atomic E-state index is 13.3. The third-order valence-corrected chi connectivity index (χ3v) is 6.18. The van der Waals surface area contributed by atoms with E-state index in [0.29, 0.717) is 0 Å². The Balaban J connectivity index is 1.77. The van der Waals surface area contributed by atoms with Gasteiger partial charge in [-0.2, -0.15) is 0 Å². The van der Waals surface area contributed by atoms with Gasteiger partial charge in [0.25, 0.3) is 0 Å². The summed E-state index contributed by atoms with van der Waals surface area (Å²) in [6.45, 7) is 4.22. The summed E-state index contributed by atoms with van der Waals surface area (Å²) >= 11 is 1.55. The number of nitrogens with zero attached hydrogens (tertiary/aromatic N) is 2. The number of hydrogen-bond donors (Lipinski definition) is 1. The number of carbonyl (C=O) groups excluding carboxylic acids is 1. The molecule has 3 aromatic rings. The number of amides is 1. The molecule has 3 atom stereocenters. The van der Waals surface area contributed by atoms with Gasteiger partial charge in [0.2, 0.25) is 5.91 Å². The Labute approximate surface area is 177 Å². The summed E-state index contributed by atoms with van der Waals surface area (Å²) < 4.78 is 2.23. The molecule has 4 nitrogen and oxygen atoms in total. The first-order chi connectivity index (χ1) is 14.2. The second-order valence-corrected chi connectivity index (χ2v) is 8.45. The van der Waals surface area contributed by atoms with Gasteiger partial charge in [0.1, 0.15) is 0 Å². The van der Waals surface area contributed by atoms with Crippen molar-refractivity contribution in [2.75, 3.05) is 0 Å². The van der Waals surface area contributed by atoms with Crippen LogP contribution in [0.5, 0.6) is 0 Å². The smallest absolute Gasteiger partial charge is 0.234 e. The van der Waals surface area contributed by atoms with E-state index in [1.165, 1.54) is 0 Å². The van der Waals surface area contributed by atoms with Crippen LogP contribution in [-0.4, -0.2) is 20.7 Å². The Morgan fingerprint density at radius 3 is 2.45 bits per heavy atom. The van der Waals surface area contributed by atoms with Gasteiger partial charge in [0.15, 0.2) is 0 Å². The van der Waals surface area contributed by atoms with Crippen LogP contribution in [0.2, 0.25) is 0 Å². The lowest BCUT2D eigenvalue weighted by Crippen LogP contribution is -2.36. The maximum absolute atomic E-state index is 13.3. The van der Waals surface area contributed by atoms with Gasteiger partial charge >= 0.3 is 0 Å². The van der Waals surface area contributed by atoms with Crippen LogP contribution in [0.25, 0.3) is 0 Å². The van der Waals surface area contributed by atoms with E-state index in [1.807, 2.05) is 67.6 Å². The second kappa shape index (κ2) is 10.9. The minimum Gasteiger partial charge on any atom is -0.351 e. The predicted octanol–water partition coefficient (Wildman–Crippen LogP) is 5.65. The number of aromatic nitrogens is 2. The standard InChI is InChI=1S/C24H29N3OS/c1-3-11-21(27-16-9-10-17-27)18-22(29-23-14-7-8-15-25-23)24(28)26-19(2)20-12-5-4-6-13-20/h4-10,12-17,19,21-22H,3,11,18H2,1-2H3,(H,26,28)/t19-,21-,22?/m0/s1. The van der Waals surface area contributed by atoms with Crippen LogP contribution in [0, 0.1) is 0 Å². The lowest BCUT2D eigenvalue weighted by atomic mass is 10.0. The molecule has 5 heteroatoms. The van der Waals surface area contributed by atoms with E-state index in [1.54, 1.807) is 18.0 Å². The van der Waals surface area contributed by atoms with Crippen molar-refractivity contribution >= 4 is 17.7 Å². The van der Waals surface area contributed by atoms with Crippen molar-refractivity contribution in [3.63, 3.8) is 0 Å². The van der Waals surface area contributed by atoms with Crippen LogP contribution >= 0.6 is 11.8 Å². The normalized spacial score (nSPS) is 14.1. The quantitative estimate of drug-likeness (QED) is 0.442. The molecule has 2 aromatic heterocycles. The van der Waals surface area contributed by atoms with Crippen LogP contribution in [-0.2, 0) is 4.79 Å². The Kier molecular flexibility index (Phi) is 7.94. The summed E-state index contributed by atoms with van der Waals surface area (Å²) in [4.78, 5) is 17.7. The number of nitrogens with one attached hydrogen (secondary N) is 1. The molecule has 3 rings (SSSR count). The molecule has 29 heavy (non-hydrogen) atoms. The maximum Gasteiger partial charge on any atom is 0.234 e. The first-order valence-electron chi connectivity index (χ1n) is 10.2. The molecule has 0 saturated heterocycles. The van der Waals surface area contributed by atoms with Crippen LogP contribution in [0.4, 0.5) is 0 Å². The van der Waals surface area contributed by atoms with Crippen molar-refractivity contribution in [2.45, 2.75) is 55.5 Å². The highest BCUT2D eigenvalue weighted by atomic mass is 32.2. The van der Waals surface area contributed by atoms with Gasteiger partial charge in [-0.25, -0.2) is 4.98 Å². The highest BCUT2D eigenvalue weighted by Crippen LogP contribution is 2.31. The van der Waals surface area contributed by atoms with E-state index in [9.17, 15) is 4.79 Å². The Morgan fingerprint density at radius 1 is 1.07 bits per heavy atom. The van der Waals surface area contributed by atoms with Crippen LogP contribution < -0.4 is 5.32 Å². The zero-order valence-electron chi connectivity index (χ0n) is 17.1. The van der Waals surface area contributed by atoms with Gasteiger partial charge in [-0.3, -0.25) is 4.79 Å². The number of thioether (sulfide) groups is 1. The first-order valence-corrected chi connectivity index (χ1v) is 11.1.